The topological polar surface area (TPSA) is 61.2 Å². The highest BCUT2D eigenvalue weighted by atomic mass is 19.1. The monoisotopic (exact) mass is 276 g/mol. The fourth-order valence-corrected chi connectivity index (χ4v) is 1.86. The number of aryl methyl sites for hydroxylation is 1. The molecule has 0 atom stereocenters. The van der Waals surface area contributed by atoms with Crippen molar-refractivity contribution in [3.8, 4) is 0 Å². The lowest BCUT2D eigenvalue weighted by Crippen LogP contribution is -2.08. The Morgan fingerprint density at radius 1 is 1.45 bits per heavy atom. The molecule has 0 saturated carbocycles. The van der Waals surface area contributed by atoms with Gasteiger partial charge in [0.05, 0.1) is 19.2 Å². The Morgan fingerprint density at radius 3 is 2.75 bits per heavy atom. The number of esters is 1. The molecule has 20 heavy (non-hydrogen) atoms. The molecule has 2 aromatic rings. The van der Waals surface area contributed by atoms with Crippen LogP contribution in [0.4, 0.5) is 4.39 Å². The molecule has 0 fully saturated rings. The van der Waals surface area contributed by atoms with E-state index in [-0.39, 0.29) is 5.56 Å². The second-order valence-corrected chi connectivity index (χ2v) is 4.29. The van der Waals surface area contributed by atoms with E-state index in [1.165, 1.54) is 19.2 Å². The summed E-state index contributed by atoms with van der Waals surface area (Å²) < 4.78 is 19.8. The van der Waals surface area contributed by atoms with Gasteiger partial charge in [-0.15, -0.1) is 0 Å². The first-order chi connectivity index (χ1) is 9.55. The van der Waals surface area contributed by atoms with Crippen molar-refractivity contribution in [2.75, 3.05) is 7.11 Å². The maximum Gasteiger partial charge on any atom is 0.340 e. The van der Waals surface area contributed by atoms with Gasteiger partial charge in [0.1, 0.15) is 11.5 Å². The van der Waals surface area contributed by atoms with Crippen molar-refractivity contribution in [2.45, 2.75) is 13.5 Å². The van der Waals surface area contributed by atoms with Crippen LogP contribution in [0.5, 0.6) is 0 Å². The van der Waals surface area contributed by atoms with Crippen molar-refractivity contribution in [1.29, 1.82) is 0 Å². The van der Waals surface area contributed by atoms with Crippen LogP contribution in [0, 0.1) is 12.7 Å². The second-order valence-electron chi connectivity index (χ2n) is 4.29. The number of hydrogen-bond acceptors (Lipinski definition) is 4. The molecule has 0 radical (unpaired) electrons. The predicted octanol–water partition coefficient (Wildman–Crippen LogP) is 1.98. The van der Waals surface area contributed by atoms with Crippen LogP contribution in [0.1, 0.15) is 32.1 Å². The van der Waals surface area contributed by atoms with Gasteiger partial charge < -0.3 is 4.74 Å². The largest absolute Gasteiger partial charge is 0.465 e. The molecule has 5 nitrogen and oxygen atoms in total. The Labute approximate surface area is 115 Å². The Bertz CT molecular complexity index is 664. The molecular formula is C14H13FN2O3. The number of halogens is 1. The molecule has 0 spiro atoms. The predicted molar refractivity (Wildman–Crippen MR) is 69.2 cm³/mol. The molecule has 0 saturated heterocycles. The van der Waals surface area contributed by atoms with E-state index in [9.17, 15) is 14.0 Å². The van der Waals surface area contributed by atoms with E-state index in [0.717, 1.165) is 5.69 Å². The quantitative estimate of drug-likeness (QED) is 0.633. The van der Waals surface area contributed by atoms with Crippen LogP contribution in [0.15, 0.2) is 24.3 Å². The van der Waals surface area contributed by atoms with E-state index in [1.54, 1.807) is 23.7 Å². The van der Waals surface area contributed by atoms with E-state index in [1.807, 2.05) is 0 Å². The third-order valence-electron chi connectivity index (χ3n) is 2.89. The minimum Gasteiger partial charge on any atom is -0.465 e. The molecule has 0 bridgehead atoms. The number of benzene rings is 1. The summed E-state index contributed by atoms with van der Waals surface area (Å²) in [5.41, 5.74) is 1.65. The lowest BCUT2D eigenvalue weighted by Gasteiger charge is -2.06. The van der Waals surface area contributed by atoms with Gasteiger partial charge in [-0.3, -0.25) is 9.48 Å². The van der Waals surface area contributed by atoms with Crippen molar-refractivity contribution in [2.24, 2.45) is 0 Å². The van der Waals surface area contributed by atoms with E-state index in [4.69, 9.17) is 0 Å². The molecule has 0 aliphatic rings. The summed E-state index contributed by atoms with van der Waals surface area (Å²) in [6.45, 7) is 2.12. The Morgan fingerprint density at radius 2 is 2.20 bits per heavy atom. The first kappa shape index (κ1) is 13.9. The van der Waals surface area contributed by atoms with Crippen molar-refractivity contribution in [3.05, 3.63) is 52.6 Å². The van der Waals surface area contributed by atoms with Crippen LogP contribution in [0.25, 0.3) is 0 Å². The zero-order valence-electron chi connectivity index (χ0n) is 11.1. The van der Waals surface area contributed by atoms with Crippen molar-refractivity contribution >= 4 is 12.3 Å². The standard InChI is InChI=1S/C14H13FN2O3/c1-9-5-11(8-18)16-17(9)7-10-3-4-12(13(15)6-10)14(19)20-2/h3-6,8H,7H2,1-2H3. The van der Waals surface area contributed by atoms with Crippen LogP contribution >= 0.6 is 0 Å². The highest BCUT2D eigenvalue weighted by Gasteiger charge is 2.13. The Hall–Kier alpha value is -2.50. The van der Waals surface area contributed by atoms with Gasteiger partial charge in [-0.1, -0.05) is 6.07 Å². The number of methoxy groups -OCH3 is 1. The number of ether oxygens (including phenoxy) is 1. The van der Waals surface area contributed by atoms with Gasteiger partial charge in [-0.25, -0.2) is 9.18 Å². The Kier molecular flexibility index (Phi) is 3.93. The van der Waals surface area contributed by atoms with Gasteiger partial charge in [0, 0.05) is 5.69 Å². The number of aldehydes is 1. The van der Waals surface area contributed by atoms with Gasteiger partial charge in [-0.05, 0) is 30.7 Å². The third kappa shape index (κ3) is 2.74. The van der Waals surface area contributed by atoms with E-state index in [2.05, 4.69) is 9.84 Å². The first-order valence-electron chi connectivity index (χ1n) is 5.91. The van der Waals surface area contributed by atoms with Crippen LogP contribution in [0.2, 0.25) is 0 Å². The molecule has 6 heteroatoms. The number of carbonyl (C=O) groups excluding carboxylic acids is 2. The van der Waals surface area contributed by atoms with Gasteiger partial charge >= 0.3 is 5.97 Å². The fourth-order valence-electron chi connectivity index (χ4n) is 1.86. The van der Waals surface area contributed by atoms with Crippen molar-refractivity contribution in [3.63, 3.8) is 0 Å². The zero-order valence-corrected chi connectivity index (χ0v) is 11.1. The number of nitrogens with zero attached hydrogens (tertiary/aromatic N) is 2. The van der Waals surface area contributed by atoms with E-state index < -0.39 is 11.8 Å². The summed E-state index contributed by atoms with van der Waals surface area (Å²) in [6.07, 6.45) is 0.657. The highest BCUT2D eigenvalue weighted by Crippen LogP contribution is 2.13. The maximum absolute atomic E-state index is 13.8. The first-order valence-corrected chi connectivity index (χ1v) is 5.91. The van der Waals surface area contributed by atoms with Gasteiger partial charge in [0.2, 0.25) is 0 Å². The summed E-state index contributed by atoms with van der Waals surface area (Å²) in [6, 6.07) is 5.90. The van der Waals surface area contributed by atoms with Crippen LogP contribution < -0.4 is 0 Å². The second kappa shape index (κ2) is 5.64. The molecule has 0 N–H and O–H groups in total. The molecular weight excluding hydrogens is 263 g/mol. The molecule has 0 aliphatic carbocycles. The molecule has 104 valence electrons. The minimum atomic E-state index is -0.715. The van der Waals surface area contributed by atoms with Gasteiger partial charge in [0.25, 0.3) is 0 Å². The summed E-state index contributed by atoms with van der Waals surface area (Å²) in [5, 5.41) is 4.06. The molecule has 2 rings (SSSR count). The molecule has 1 heterocycles. The number of hydrogen-bond donors (Lipinski definition) is 0. The third-order valence-corrected chi connectivity index (χ3v) is 2.89. The highest BCUT2D eigenvalue weighted by molar-refractivity contribution is 5.89. The molecule has 1 aromatic carbocycles. The Balaban J connectivity index is 2.26. The number of carbonyl (C=O) groups is 2. The molecule has 0 unspecified atom stereocenters. The smallest absolute Gasteiger partial charge is 0.340 e. The summed E-state index contributed by atoms with van der Waals surface area (Å²) >= 11 is 0. The number of aromatic nitrogens is 2. The lowest BCUT2D eigenvalue weighted by molar-refractivity contribution is 0.0595. The maximum atomic E-state index is 13.8. The van der Waals surface area contributed by atoms with E-state index in [0.29, 0.717) is 24.1 Å². The molecule has 0 amide bonds. The van der Waals surface area contributed by atoms with Crippen molar-refractivity contribution in [1.82, 2.24) is 9.78 Å². The van der Waals surface area contributed by atoms with Crippen LogP contribution in [0.3, 0.4) is 0 Å². The SMILES string of the molecule is COC(=O)c1ccc(Cn2nc(C=O)cc2C)cc1F. The lowest BCUT2D eigenvalue weighted by atomic mass is 10.1. The molecule has 1 aromatic heterocycles. The summed E-state index contributed by atoms with van der Waals surface area (Å²) in [4.78, 5) is 21.9. The molecule has 0 aliphatic heterocycles. The van der Waals surface area contributed by atoms with Crippen molar-refractivity contribution < 1.29 is 18.7 Å². The minimum absolute atomic E-state index is 0.109. The fraction of sp³-hybridized carbons (Fsp3) is 0.214. The normalized spacial score (nSPS) is 10.3. The summed E-state index contributed by atoms with van der Waals surface area (Å²) in [5.74, 6) is -1.36. The zero-order chi connectivity index (χ0) is 14.7. The van der Waals surface area contributed by atoms with Crippen LogP contribution in [-0.4, -0.2) is 29.1 Å². The summed E-state index contributed by atoms with van der Waals surface area (Å²) in [7, 11) is 1.20. The van der Waals surface area contributed by atoms with Crippen LogP contribution in [-0.2, 0) is 11.3 Å². The number of rotatable bonds is 4. The van der Waals surface area contributed by atoms with E-state index >= 15 is 0 Å². The van der Waals surface area contributed by atoms with Gasteiger partial charge in [-0.2, -0.15) is 5.10 Å². The van der Waals surface area contributed by atoms with Gasteiger partial charge in [0.15, 0.2) is 6.29 Å². The average Bonchev–Trinajstić information content (AvgIpc) is 2.79. The average molecular weight is 276 g/mol.